The molecule has 1 aliphatic heterocycles. The molecule has 0 saturated carbocycles. The molecule has 1 aliphatic rings. The quantitative estimate of drug-likeness (QED) is 0.653. The summed E-state index contributed by atoms with van der Waals surface area (Å²) < 4.78 is 1.41. The molecule has 3 heterocycles. The number of nitro groups is 1. The molecule has 0 unspecified atom stereocenters. The summed E-state index contributed by atoms with van der Waals surface area (Å²) in [6.45, 7) is 0.530. The lowest BCUT2D eigenvalue weighted by atomic mass is 10.0. The van der Waals surface area contributed by atoms with Crippen molar-refractivity contribution in [1.29, 1.82) is 0 Å². The van der Waals surface area contributed by atoms with Crippen LogP contribution >= 0.6 is 11.3 Å². The molecule has 1 saturated heterocycles. The summed E-state index contributed by atoms with van der Waals surface area (Å²) in [6, 6.07) is 0. The third-order valence-electron chi connectivity index (χ3n) is 2.92. The average Bonchev–Trinajstić information content (AvgIpc) is 2.72. The van der Waals surface area contributed by atoms with Crippen molar-refractivity contribution < 1.29 is 14.8 Å². The van der Waals surface area contributed by atoms with E-state index in [2.05, 4.69) is 4.98 Å². The van der Waals surface area contributed by atoms with Gasteiger partial charge in [-0.25, -0.2) is 0 Å². The van der Waals surface area contributed by atoms with E-state index in [4.69, 9.17) is 5.11 Å². The van der Waals surface area contributed by atoms with Gasteiger partial charge in [0.25, 0.3) is 4.96 Å². The number of fused-ring (bicyclic) bond motifs is 1. The second-order valence-corrected chi connectivity index (χ2v) is 4.88. The summed E-state index contributed by atoms with van der Waals surface area (Å²) in [7, 11) is 0. The number of carboxylic acids is 1. The zero-order valence-electron chi connectivity index (χ0n) is 9.02. The van der Waals surface area contributed by atoms with Crippen LogP contribution in [0.4, 0.5) is 11.6 Å². The van der Waals surface area contributed by atoms with E-state index in [9.17, 15) is 14.9 Å². The van der Waals surface area contributed by atoms with Gasteiger partial charge in [-0.3, -0.25) is 4.79 Å². The number of nitrogens with zero attached hydrogens (tertiary/aromatic N) is 4. The van der Waals surface area contributed by atoms with Crippen LogP contribution < -0.4 is 4.90 Å². The summed E-state index contributed by atoms with van der Waals surface area (Å²) in [4.78, 5) is 27.6. The Kier molecular flexibility index (Phi) is 2.23. The molecule has 8 nitrogen and oxygen atoms in total. The van der Waals surface area contributed by atoms with Crippen LogP contribution in [-0.4, -0.2) is 38.5 Å². The normalized spacial score (nSPS) is 15.9. The van der Waals surface area contributed by atoms with Crippen molar-refractivity contribution in [1.82, 2.24) is 9.38 Å². The molecule has 0 amide bonds. The lowest BCUT2D eigenvalue weighted by Gasteiger charge is -2.36. The minimum atomic E-state index is -0.880. The minimum absolute atomic E-state index is 0.102. The first-order chi connectivity index (χ1) is 8.58. The predicted molar refractivity (Wildman–Crippen MR) is 63.1 cm³/mol. The molecule has 0 spiro atoms. The largest absolute Gasteiger partial charge is 0.481 e. The number of carboxylic acid groups (broad SMARTS) is 1. The van der Waals surface area contributed by atoms with Crippen molar-refractivity contribution in [3.63, 3.8) is 0 Å². The second-order valence-electron chi connectivity index (χ2n) is 4.01. The lowest BCUT2D eigenvalue weighted by molar-refractivity contribution is -0.389. The Morgan fingerprint density at radius 1 is 1.61 bits per heavy atom. The number of anilines is 1. The van der Waals surface area contributed by atoms with Gasteiger partial charge >= 0.3 is 11.8 Å². The van der Waals surface area contributed by atoms with E-state index in [-0.39, 0.29) is 24.7 Å². The zero-order valence-corrected chi connectivity index (χ0v) is 9.83. The van der Waals surface area contributed by atoms with E-state index in [1.165, 1.54) is 15.7 Å². The van der Waals surface area contributed by atoms with Gasteiger partial charge in [-0.15, -0.1) is 0 Å². The molecule has 1 N–H and O–H groups in total. The summed E-state index contributed by atoms with van der Waals surface area (Å²) in [5, 5.41) is 21.6. The van der Waals surface area contributed by atoms with Crippen LogP contribution in [0.3, 0.4) is 0 Å². The van der Waals surface area contributed by atoms with Gasteiger partial charge in [-0.1, -0.05) is 11.3 Å². The Balaban J connectivity index is 1.97. The summed E-state index contributed by atoms with van der Waals surface area (Å²) in [5.41, 5.74) is 0. The lowest BCUT2D eigenvalue weighted by Crippen LogP contribution is -2.50. The van der Waals surface area contributed by atoms with E-state index < -0.39 is 16.8 Å². The smallest absolute Gasteiger partial charge is 0.373 e. The highest BCUT2D eigenvalue weighted by Gasteiger charge is 2.38. The number of imidazole rings is 1. The molecular formula is C9H8N4O4S. The highest BCUT2D eigenvalue weighted by Crippen LogP contribution is 2.34. The molecular weight excluding hydrogens is 260 g/mol. The van der Waals surface area contributed by atoms with Gasteiger partial charge in [0.2, 0.25) is 5.82 Å². The molecule has 2 aromatic heterocycles. The summed E-state index contributed by atoms with van der Waals surface area (Å²) in [5.74, 6) is -1.20. The first kappa shape index (κ1) is 11.0. The molecule has 1 fully saturated rings. The van der Waals surface area contributed by atoms with Crippen molar-refractivity contribution in [2.24, 2.45) is 5.92 Å². The second kappa shape index (κ2) is 3.67. The fourth-order valence-electron chi connectivity index (χ4n) is 1.95. The monoisotopic (exact) mass is 268 g/mol. The first-order valence-corrected chi connectivity index (χ1v) is 6.03. The SMILES string of the molecule is O=C(O)C1CN(c2nc3sccn3c2[N+](=O)[O-])C1. The van der Waals surface area contributed by atoms with Crippen molar-refractivity contribution in [2.45, 2.75) is 0 Å². The van der Waals surface area contributed by atoms with Crippen LogP contribution in [0.1, 0.15) is 0 Å². The van der Waals surface area contributed by atoms with Crippen molar-refractivity contribution in [2.75, 3.05) is 18.0 Å². The zero-order chi connectivity index (χ0) is 12.9. The van der Waals surface area contributed by atoms with Gasteiger partial charge < -0.3 is 20.1 Å². The maximum absolute atomic E-state index is 11.1. The molecule has 94 valence electrons. The highest BCUT2D eigenvalue weighted by molar-refractivity contribution is 7.15. The molecule has 0 aliphatic carbocycles. The molecule has 0 bridgehead atoms. The molecule has 0 aromatic carbocycles. The predicted octanol–water partition coefficient (Wildman–Crippen LogP) is 0.825. The van der Waals surface area contributed by atoms with Gasteiger partial charge in [-0.05, 0) is 4.92 Å². The molecule has 3 rings (SSSR count). The van der Waals surface area contributed by atoms with Crippen LogP contribution in [0.25, 0.3) is 4.96 Å². The fourth-order valence-corrected chi connectivity index (χ4v) is 2.66. The van der Waals surface area contributed by atoms with Gasteiger partial charge in [0, 0.05) is 18.5 Å². The van der Waals surface area contributed by atoms with E-state index >= 15 is 0 Å². The Bertz CT molecular complexity index is 642. The molecule has 18 heavy (non-hydrogen) atoms. The van der Waals surface area contributed by atoms with Crippen molar-refractivity contribution >= 4 is 33.9 Å². The standard InChI is InChI=1S/C9H8N4O4S/c14-8(15)5-3-11(4-5)6-7(13(16)17)12-1-2-18-9(12)10-6/h1-2,5H,3-4H2,(H,14,15). The number of rotatable bonds is 3. The maximum Gasteiger partial charge on any atom is 0.373 e. The number of hydrogen-bond donors (Lipinski definition) is 1. The van der Waals surface area contributed by atoms with Crippen molar-refractivity contribution in [3.05, 3.63) is 21.7 Å². The number of aliphatic carboxylic acids is 1. The Morgan fingerprint density at radius 3 is 2.94 bits per heavy atom. The van der Waals surface area contributed by atoms with Crippen LogP contribution in [0.15, 0.2) is 11.6 Å². The van der Waals surface area contributed by atoms with Gasteiger partial charge in [0.1, 0.15) is 6.20 Å². The third-order valence-corrected chi connectivity index (χ3v) is 3.68. The number of thiazole rings is 1. The van der Waals surface area contributed by atoms with Crippen LogP contribution in [-0.2, 0) is 4.79 Å². The average molecular weight is 268 g/mol. The number of carbonyl (C=O) groups is 1. The molecule has 2 aromatic rings. The molecule has 9 heteroatoms. The van der Waals surface area contributed by atoms with E-state index in [1.54, 1.807) is 16.5 Å². The third kappa shape index (κ3) is 1.44. The summed E-state index contributed by atoms with van der Waals surface area (Å²) in [6.07, 6.45) is 1.59. The summed E-state index contributed by atoms with van der Waals surface area (Å²) >= 11 is 1.30. The fraction of sp³-hybridized carbons (Fsp3) is 0.333. The molecule has 0 atom stereocenters. The van der Waals surface area contributed by atoms with Crippen LogP contribution in [0.5, 0.6) is 0 Å². The van der Waals surface area contributed by atoms with Crippen molar-refractivity contribution in [3.8, 4) is 0 Å². The van der Waals surface area contributed by atoms with E-state index in [0.717, 1.165) is 0 Å². The maximum atomic E-state index is 11.1. The van der Waals surface area contributed by atoms with Gasteiger partial charge in [0.05, 0.1) is 5.92 Å². The van der Waals surface area contributed by atoms with E-state index in [0.29, 0.717) is 4.96 Å². The molecule has 0 radical (unpaired) electrons. The number of hydrogen-bond acceptors (Lipinski definition) is 6. The minimum Gasteiger partial charge on any atom is -0.481 e. The van der Waals surface area contributed by atoms with Gasteiger partial charge in [-0.2, -0.15) is 9.38 Å². The van der Waals surface area contributed by atoms with Crippen LogP contribution in [0.2, 0.25) is 0 Å². The van der Waals surface area contributed by atoms with Crippen LogP contribution in [0, 0.1) is 16.0 Å². The van der Waals surface area contributed by atoms with E-state index in [1.807, 2.05) is 0 Å². The Morgan fingerprint density at radius 2 is 2.33 bits per heavy atom. The topological polar surface area (TPSA) is 101 Å². The first-order valence-electron chi connectivity index (χ1n) is 5.15. The highest BCUT2D eigenvalue weighted by atomic mass is 32.1. The number of aromatic nitrogens is 2. The Hall–Kier alpha value is -2.16. The van der Waals surface area contributed by atoms with Gasteiger partial charge in [0.15, 0.2) is 0 Å². The Labute approximate surface area is 104 Å².